The number of hydrogen-bond donors (Lipinski definition) is 9. The molecule has 14 nitrogen and oxygen atoms in total. The molecule has 0 aromatic carbocycles. The predicted octanol–water partition coefficient (Wildman–Crippen LogP) is 2.48. The zero-order chi connectivity index (χ0) is 39.0. The van der Waals surface area contributed by atoms with E-state index in [1.54, 1.807) is 0 Å². The summed E-state index contributed by atoms with van der Waals surface area (Å²) in [6.45, 7) is 2.69. The van der Waals surface area contributed by atoms with Crippen molar-refractivity contribution in [3.05, 3.63) is 12.2 Å². The van der Waals surface area contributed by atoms with Crippen LogP contribution in [0.5, 0.6) is 0 Å². The van der Waals surface area contributed by atoms with E-state index in [4.69, 9.17) is 18.9 Å². The van der Waals surface area contributed by atoms with Gasteiger partial charge in [0, 0.05) is 6.42 Å². The maximum atomic E-state index is 13.0. The first-order valence-electron chi connectivity index (χ1n) is 20.4. The Morgan fingerprint density at radius 1 is 0.660 bits per heavy atom. The highest BCUT2D eigenvalue weighted by atomic mass is 16.7. The Bertz CT molecular complexity index is 956. The van der Waals surface area contributed by atoms with Gasteiger partial charge in [0.05, 0.1) is 32.0 Å². The first-order chi connectivity index (χ1) is 25.6. The molecule has 2 aliphatic heterocycles. The van der Waals surface area contributed by atoms with E-state index in [2.05, 4.69) is 31.3 Å². The summed E-state index contributed by atoms with van der Waals surface area (Å²) in [6, 6.07) is -0.823. The minimum Gasteiger partial charge on any atom is -0.394 e. The number of amides is 1. The largest absolute Gasteiger partial charge is 0.394 e. The molecule has 0 bridgehead atoms. The number of nitrogens with one attached hydrogen (secondary N) is 1. The molecule has 2 rings (SSSR count). The van der Waals surface area contributed by atoms with Gasteiger partial charge in [-0.25, -0.2) is 0 Å². The molecule has 0 radical (unpaired) electrons. The van der Waals surface area contributed by atoms with E-state index in [9.17, 15) is 45.6 Å². The smallest absolute Gasteiger partial charge is 0.220 e. The highest BCUT2D eigenvalue weighted by molar-refractivity contribution is 5.76. The van der Waals surface area contributed by atoms with Crippen LogP contribution in [0.25, 0.3) is 0 Å². The highest BCUT2D eigenvalue weighted by Crippen LogP contribution is 2.30. The molecule has 312 valence electrons. The van der Waals surface area contributed by atoms with E-state index < -0.39 is 86.8 Å². The molecule has 9 N–H and O–H groups in total. The van der Waals surface area contributed by atoms with Crippen molar-refractivity contribution in [2.24, 2.45) is 0 Å². The highest BCUT2D eigenvalue weighted by Gasteiger charge is 2.50. The third-order valence-corrected chi connectivity index (χ3v) is 10.2. The van der Waals surface area contributed by atoms with Crippen molar-refractivity contribution in [1.82, 2.24) is 5.32 Å². The number of carbonyl (C=O) groups excluding carboxylic acids is 1. The van der Waals surface area contributed by atoms with Crippen LogP contribution in [0.1, 0.15) is 136 Å². The number of rotatable bonds is 29. The van der Waals surface area contributed by atoms with Crippen LogP contribution in [0, 0.1) is 0 Å². The molecule has 1 amide bonds. The van der Waals surface area contributed by atoms with Crippen LogP contribution >= 0.6 is 0 Å². The van der Waals surface area contributed by atoms with Crippen molar-refractivity contribution in [2.45, 2.75) is 209 Å². The van der Waals surface area contributed by atoms with Crippen LogP contribution < -0.4 is 5.32 Å². The van der Waals surface area contributed by atoms with Crippen LogP contribution in [0.2, 0.25) is 0 Å². The van der Waals surface area contributed by atoms with Gasteiger partial charge in [-0.1, -0.05) is 103 Å². The van der Waals surface area contributed by atoms with E-state index in [0.717, 1.165) is 70.6 Å². The normalized spacial score (nSPS) is 30.5. The van der Waals surface area contributed by atoms with E-state index >= 15 is 0 Å². The number of aliphatic hydroxyl groups is 8. The molecule has 53 heavy (non-hydrogen) atoms. The van der Waals surface area contributed by atoms with Gasteiger partial charge in [0.1, 0.15) is 48.8 Å². The molecule has 12 unspecified atom stereocenters. The monoisotopic (exact) mass is 764 g/mol. The maximum absolute atomic E-state index is 13.0. The lowest BCUT2D eigenvalue weighted by Gasteiger charge is -2.46. The third kappa shape index (κ3) is 17.6. The molecule has 14 heteroatoms. The van der Waals surface area contributed by atoms with Crippen LogP contribution in [0.4, 0.5) is 0 Å². The average molecular weight is 764 g/mol. The van der Waals surface area contributed by atoms with Crippen molar-refractivity contribution < 1.29 is 64.6 Å². The van der Waals surface area contributed by atoms with Crippen molar-refractivity contribution in [3.63, 3.8) is 0 Å². The second-order valence-corrected chi connectivity index (χ2v) is 14.8. The van der Waals surface area contributed by atoms with Gasteiger partial charge in [-0.3, -0.25) is 4.79 Å². The maximum Gasteiger partial charge on any atom is 0.220 e. The van der Waals surface area contributed by atoms with Crippen LogP contribution in [0.3, 0.4) is 0 Å². The Kier molecular flexibility index (Phi) is 25.5. The van der Waals surface area contributed by atoms with Gasteiger partial charge in [-0.15, -0.1) is 0 Å². The lowest BCUT2D eigenvalue weighted by Crippen LogP contribution is -2.65. The summed E-state index contributed by atoms with van der Waals surface area (Å²) in [4.78, 5) is 13.0. The zero-order valence-electron chi connectivity index (χ0n) is 32.3. The molecule has 0 aromatic rings. The fourth-order valence-corrected chi connectivity index (χ4v) is 6.76. The topological polar surface area (TPSA) is 228 Å². The molecular weight excluding hydrogens is 690 g/mol. The van der Waals surface area contributed by atoms with Gasteiger partial charge in [-0.05, 0) is 38.5 Å². The number of allylic oxidation sites excluding steroid dienone is 2. The second-order valence-electron chi connectivity index (χ2n) is 14.8. The Balaban J connectivity index is 1.87. The molecule has 2 heterocycles. The minimum absolute atomic E-state index is 0.225. The summed E-state index contributed by atoms with van der Waals surface area (Å²) in [7, 11) is 0. The predicted molar refractivity (Wildman–Crippen MR) is 199 cm³/mol. The van der Waals surface area contributed by atoms with Gasteiger partial charge >= 0.3 is 0 Å². The quantitative estimate of drug-likeness (QED) is 0.0395. The number of hydrogen-bond acceptors (Lipinski definition) is 13. The van der Waals surface area contributed by atoms with Crippen molar-refractivity contribution in [2.75, 3.05) is 19.8 Å². The molecule has 0 spiro atoms. The van der Waals surface area contributed by atoms with Crippen LogP contribution in [0.15, 0.2) is 12.2 Å². The summed E-state index contributed by atoms with van der Waals surface area (Å²) in [5.41, 5.74) is 0. The van der Waals surface area contributed by atoms with Gasteiger partial charge in [-0.2, -0.15) is 0 Å². The SMILES string of the molecule is CCCCCCC/C=C\CCCCCCCC(=O)NC(COC1OC(CO)C(OC2OC(CO)C(O)C(O)C2O)C(O)C1O)C(O)CCCCCCC. The fourth-order valence-electron chi connectivity index (χ4n) is 6.76. The van der Waals surface area contributed by atoms with E-state index in [-0.39, 0.29) is 12.5 Å². The summed E-state index contributed by atoms with van der Waals surface area (Å²) < 4.78 is 22.5. The molecule has 0 aliphatic carbocycles. The number of aliphatic hydroxyl groups excluding tert-OH is 8. The van der Waals surface area contributed by atoms with Crippen molar-refractivity contribution in [3.8, 4) is 0 Å². The summed E-state index contributed by atoms with van der Waals surface area (Å²) in [5.74, 6) is -0.225. The lowest BCUT2D eigenvalue weighted by molar-refractivity contribution is -0.359. The average Bonchev–Trinajstić information content (AvgIpc) is 3.15. The molecule has 0 aromatic heterocycles. The standard InChI is InChI=1S/C39H73NO13/c1-3-5-7-9-10-11-12-13-14-15-16-17-19-21-23-31(44)40-27(28(43)22-20-18-8-6-4-2)26-50-38-36(49)34(47)37(30(25-42)52-38)53-39-35(48)33(46)32(45)29(24-41)51-39/h12-13,27-30,32-39,41-43,45-49H,3-11,14-26H2,1-2H3,(H,40,44)/b13-12-. The third-order valence-electron chi connectivity index (χ3n) is 10.2. The van der Waals surface area contributed by atoms with E-state index in [0.29, 0.717) is 19.3 Å². The molecule has 0 saturated carbocycles. The van der Waals surface area contributed by atoms with Gasteiger partial charge in [0.15, 0.2) is 12.6 Å². The molecular formula is C39H73NO13. The minimum atomic E-state index is -1.78. The van der Waals surface area contributed by atoms with E-state index in [1.165, 1.54) is 32.1 Å². The zero-order valence-corrected chi connectivity index (χ0v) is 32.3. The molecule has 12 atom stereocenters. The Morgan fingerprint density at radius 3 is 1.79 bits per heavy atom. The lowest BCUT2D eigenvalue weighted by atomic mass is 9.97. The first kappa shape index (κ1) is 47.9. The number of ether oxygens (including phenoxy) is 4. The van der Waals surface area contributed by atoms with Crippen molar-refractivity contribution in [1.29, 1.82) is 0 Å². The van der Waals surface area contributed by atoms with Gasteiger partial charge < -0.3 is 65.1 Å². The molecule has 2 aliphatic rings. The Morgan fingerprint density at radius 2 is 1.19 bits per heavy atom. The fraction of sp³-hybridized carbons (Fsp3) is 0.923. The van der Waals surface area contributed by atoms with Crippen LogP contribution in [-0.4, -0.2) is 140 Å². The van der Waals surface area contributed by atoms with Crippen molar-refractivity contribution >= 4 is 5.91 Å². The second kappa shape index (κ2) is 28.2. The first-order valence-corrected chi connectivity index (χ1v) is 20.4. The summed E-state index contributed by atoms with van der Waals surface area (Å²) >= 11 is 0. The van der Waals surface area contributed by atoms with Crippen LogP contribution in [-0.2, 0) is 23.7 Å². The Labute approximate surface area is 316 Å². The van der Waals surface area contributed by atoms with Gasteiger partial charge in [0.25, 0.3) is 0 Å². The summed E-state index contributed by atoms with van der Waals surface area (Å²) in [6.07, 6.45) is 7.15. The Hall–Kier alpha value is -1.27. The molecule has 2 saturated heterocycles. The number of unbranched alkanes of at least 4 members (excludes halogenated alkanes) is 14. The molecule has 2 fully saturated rings. The van der Waals surface area contributed by atoms with E-state index in [1.807, 2.05) is 0 Å². The summed E-state index contributed by atoms with van der Waals surface area (Å²) in [5, 5.41) is 85.9. The number of carbonyl (C=O) groups is 1. The van der Waals surface area contributed by atoms with Gasteiger partial charge in [0.2, 0.25) is 5.91 Å².